The van der Waals surface area contributed by atoms with Gasteiger partial charge in [0.25, 0.3) is 0 Å². The predicted molar refractivity (Wildman–Crippen MR) is 72.6 cm³/mol. The summed E-state index contributed by atoms with van der Waals surface area (Å²) in [5.74, 6) is -0.253. The molecular formula is C14H21N3O3. The molecule has 3 rings (SSSR count). The van der Waals surface area contributed by atoms with Crippen LogP contribution in [-0.4, -0.2) is 54.1 Å². The van der Waals surface area contributed by atoms with Crippen LogP contribution < -0.4 is 0 Å². The predicted octanol–water partition coefficient (Wildman–Crippen LogP) is 0.838. The van der Waals surface area contributed by atoms with Gasteiger partial charge in [-0.1, -0.05) is 0 Å². The largest absolute Gasteiger partial charge is 0.465 e. The molecule has 1 aromatic rings. The Labute approximate surface area is 118 Å². The summed E-state index contributed by atoms with van der Waals surface area (Å²) < 4.78 is 12.3. The number of esters is 1. The fourth-order valence-corrected chi connectivity index (χ4v) is 2.96. The van der Waals surface area contributed by atoms with E-state index >= 15 is 0 Å². The third kappa shape index (κ3) is 2.58. The number of fused-ring (bicyclic) bond motifs is 1. The van der Waals surface area contributed by atoms with E-state index < -0.39 is 0 Å². The van der Waals surface area contributed by atoms with Crippen molar-refractivity contribution in [3.63, 3.8) is 0 Å². The van der Waals surface area contributed by atoms with Crippen molar-refractivity contribution >= 4 is 5.97 Å². The molecule has 2 aliphatic heterocycles. The number of hydrogen-bond acceptors (Lipinski definition) is 5. The lowest BCUT2D eigenvalue weighted by Gasteiger charge is -2.25. The molecule has 2 aliphatic rings. The quantitative estimate of drug-likeness (QED) is 0.767. The standard InChI is InChI=1S/C14H21N3O3/c1-19-14(18)13-11(10-16-6-8-20-9-7-16)15-17-5-3-2-4-12(13)17/h2-10H2,1H3. The zero-order valence-electron chi connectivity index (χ0n) is 11.9. The minimum atomic E-state index is -0.253. The molecule has 1 fully saturated rings. The van der Waals surface area contributed by atoms with Crippen LogP contribution in [0.25, 0.3) is 0 Å². The van der Waals surface area contributed by atoms with Crippen LogP contribution in [0, 0.1) is 0 Å². The third-order valence-electron chi connectivity index (χ3n) is 4.03. The van der Waals surface area contributed by atoms with Crippen molar-refractivity contribution in [2.24, 2.45) is 0 Å². The molecule has 3 heterocycles. The van der Waals surface area contributed by atoms with E-state index in [0.29, 0.717) is 12.1 Å². The minimum Gasteiger partial charge on any atom is -0.465 e. The maximum absolute atomic E-state index is 12.1. The molecule has 6 heteroatoms. The average Bonchev–Trinajstić information content (AvgIpc) is 2.85. The Hall–Kier alpha value is -1.40. The molecule has 0 N–H and O–H groups in total. The molecule has 20 heavy (non-hydrogen) atoms. The Balaban J connectivity index is 1.88. The van der Waals surface area contributed by atoms with E-state index in [1.54, 1.807) is 0 Å². The van der Waals surface area contributed by atoms with Gasteiger partial charge in [-0.05, 0) is 19.3 Å². The second kappa shape index (κ2) is 5.93. The Morgan fingerprint density at radius 2 is 2.10 bits per heavy atom. The van der Waals surface area contributed by atoms with Crippen molar-refractivity contribution in [1.82, 2.24) is 14.7 Å². The van der Waals surface area contributed by atoms with E-state index in [4.69, 9.17) is 9.47 Å². The molecule has 0 saturated carbocycles. The summed E-state index contributed by atoms with van der Waals surface area (Å²) in [7, 11) is 1.44. The van der Waals surface area contributed by atoms with Gasteiger partial charge < -0.3 is 9.47 Å². The van der Waals surface area contributed by atoms with Crippen molar-refractivity contribution in [3.8, 4) is 0 Å². The second-order valence-corrected chi connectivity index (χ2v) is 5.33. The van der Waals surface area contributed by atoms with Crippen molar-refractivity contribution in [2.45, 2.75) is 32.4 Å². The number of ether oxygens (including phenoxy) is 2. The van der Waals surface area contributed by atoms with Gasteiger partial charge in [-0.2, -0.15) is 5.10 Å². The number of carbonyl (C=O) groups excluding carboxylic acids is 1. The first-order valence-corrected chi connectivity index (χ1v) is 7.26. The van der Waals surface area contributed by atoms with Crippen LogP contribution in [0.15, 0.2) is 0 Å². The van der Waals surface area contributed by atoms with Crippen LogP contribution in [0.2, 0.25) is 0 Å². The average molecular weight is 279 g/mol. The van der Waals surface area contributed by atoms with Gasteiger partial charge in [0.15, 0.2) is 0 Å². The van der Waals surface area contributed by atoms with Gasteiger partial charge in [0.2, 0.25) is 0 Å². The van der Waals surface area contributed by atoms with E-state index in [9.17, 15) is 4.79 Å². The van der Waals surface area contributed by atoms with Crippen molar-refractivity contribution in [2.75, 3.05) is 33.4 Å². The second-order valence-electron chi connectivity index (χ2n) is 5.33. The highest BCUT2D eigenvalue weighted by atomic mass is 16.5. The van der Waals surface area contributed by atoms with E-state index in [2.05, 4.69) is 10.00 Å². The van der Waals surface area contributed by atoms with Gasteiger partial charge in [-0.15, -0.1) is 0 Å². The lowest BCUT2D eigenvalue weighted by Crippen LogP contribution is -2.36. The number of methoxy groups -OCH3 is 1. The SMILES string of the molecule is COC(=O)c1c(CN2CCOCC2)nn2c1CCCC2. The first-order chi connectivity index (χ1) is 9.79. The maximum Gasteiger partial charge on any atom is 0.341 e. The number of rotatable bonds is 3. The van der Waals surface area contributed by atoms with Crippen LogP contribution in [0.1, 0.15) is 34.6 Å². The van der Waals surface area contributed by atoms with Crippen LogP contribution in [-0.2, 0) is 29.0 Å². The Morgan fingerprint density at radius 3 is 2.85 bits per heavy atom. The first-order valence-electron chi connectivity index (χ1n) is 7.26. The van der Waals surface area contributed by atoms with Gasteiger partial charge >= 0.3 is 5.97 Å². The molecule has 0 aromatic carbocycles. The highest BCUT2D eigenvalue weighted by molar-refractivity contribution is 5.92. The van der Waals surface area contributed by atoms with Crippen molar-refractivity contribution < 1.29 is 14.3 Å². The molecule has 6 nitrogen and oxygen atoms in total. The molecule has 0 radical (unpaired) electrons. The molecule has 0 spiro atoms. The number of morpholine rings is 1. The molecule has 1 aromatic heterocycles. The van der Waals surface area contributed by atoms with Gasteiger partial charge in [-0.3, -0.25) is 9.58 Å². The highest BCUT2D eigenvalue weighted by Crippen LogP contribution is 2.23. The van der Waals surface area contributed by atoms with Crippen LogP contribution in [0.5, 0.6) is 0 Å². The Bertz CT molecular complexity index is 492. The summed E-state index contributed by atoms with van der Waals surface area (Å²) in [5, 5.41) is 4.65. The van der Waals surface area contributed by atoms with Crippen LogP contribution >= 0.6 is 0 Å². The zero-order chi connectivity index (χ0) is 13.9. The maximum atomic E-state index is 12.1. The number of aryl methyl sites for hydroxylation is 1. The lowest BCUT2D eigenvalue weighted by molar-refractivity contribution is 0.0332. The van der Waals surface area contributed by atoms with E-state index in [1.165, 1.54) is 7.11 Å². The van der Waals surface area contributed by atoms with E-state index in [-0.39, 0.29) is 5.97 Å². The summed E-state index contributed by atoms with van der Waals surface area (Å²) in [6.07, 6.45) is 3.17. The summed E-state index contributed by atoms with van der Waals surface area (Å²) in [5.41, 5.74) is 2.60. The monoisotopic (exact) mass is 279 g/mol. The Kier molecular flexibility index (Phi) is 4.03. The van der Waals surface area contributed by atoms with Gasteiger partial charge in [-0.25, -0.2) is 4.79 Å². The minimum absolute atomic E-state index is 0.253. The number of hydrogen-bond donors (Lipinski definition) is 0. The number of carbonyl (C=O) groups is 1. The molecule has 0 atom stereocenters. The topological polar surface area (TPSA) is 56.6 Å². The van der Waals surface area contributed by atoms with Crippen LogP contribution in [0.4, 0.5) is 0 Å². The molecule has 0 amide bonds. The smallest absolute Gasteiger partial charge is 0.341 e. The van der Waals surface area contributed by atoms with Crippen molar-refractivity contribution in [3.05, 3.63) is 17.0 Å². The third-order valence-corrected chi connectivity index (χ3v) is 4.03. The van der Waals surface area contributed by atoms with Gasteiger partial charge in [0, 0.05) is 26.2 Å². The fraction of sp³-hybridized carbons (Fsp3) is 0.714. The summed E-state index contributed by atoms with van der Waals surface area (Å²) >= 11 is 0. The number of aromatic nitrogens is 2. The summed E-state index contributed by atoms with van der Waals surface area (Å²) in [6, 6.07) is 0. The highest BCUT2D eigenvalue weighted by Gasteiger charge is 2.27. The molecule has 110 valence electrons. The zero-order valence-corrected chi connectivity index (χ0v) is 11.9. The van der Waals surface area contributed by atoms with Crippen molar-refractivity contribution in [1.29, 1.82) is 0 Å². The molecule has 0 unspecified atom stereocenters. The normalized spacial score (nSPS) is 19.6. The fourth-order valence-electron chi connectivity index (χ4n) is 2.96. The molecule has 0 bridgehead atoms. The van der Waals surface area contributed by atoms with E-state index in [1.807, 2.05) is 4.68 Å². The number of nitrogens with zero attached hydrogens (tertiary/aromatic N) is 3. The summed E-state index contributed by atoms with van der Waals surface area (Å²) in [4.78, 5) is 14.4. The molecular weight excluding hydrogens is 258 g/mol. The first kappa shape index (κ1) is 13.6. The van der Waals surface area contributed by atoms with Gasteiger partial charge in [0.1, 0.15) is 5.56 Å². The van der Waals surface area contributed by atoms with Crippen LogP contribution in [0.3, 0.4) is 0 Å². The van der Waals surface area contributed by atoms with E-state index in [0.717, 1.165) is 63.5 Å². The lowest BCUT2D eigenvalue weighted by atomic mass is 10.0. The molecule has 1 saturated heterocycles. The van der Waals surface area contributed by atoms with Gasteiger partial charge in [0.05, 0.1) is 31.7 Å². The summed E-state index contributed by atoms with van der Waals surface area (Å²) in [6.45, 7) is 4.89. The molecule has 0 aliphatic carbocycles. The Morgan fingerprint density at radius 1 is 1.30 bits per heavy atom.